The molecule has 7 nitrogen and oxygen atoms in total. The molecule has 1 rings (SSSR count). The third kappa shape index (κ3) is 9.70. The number of rotatable bonds is 9. The summed E-state index contributed by atoms with van der Waals surface area (Å²) in [6.45, 7) is 14.7. The Hall–Kier alpha value is -0.900. The van der Waals surface area contributed by atoms with Gasteiger partial charge >= 0.3 is 0 Å². The molecule has 0 bridgehead atoms. The van der Waals surface area contributed by atoms with E-state index >= 15 is 0 Å². The maximum absolute atomic E-state index is 9.24. The topological polar surface area (TPSA) is 95.6 Å². The monoisotopic (exact) mass is 481 g/mol. The van der Waals surface area contributed by atoms with Crippen molar-refractivity contribution in [1.29, 1.82) is 0 Å². The minimum atomic E-state index is -0.161. The molecule has 0 radical (unpaired) electrons. The predicted octanol–water partition coefficient (Wildman–Crippen LogP) is 3.08. The largest absolute Gasteiger partial charge is 0.396 e. The van der Waals surface area contributed by atoms with Gasteiger partial charge in [-0.1, -0.05) is 39.8 Å². The van der Waals surface area contributed by atoms with E-state index in [9.17, 15) is 5.11 Å². The molecule has 0 aliphatic heterocycles. The van der Waals surface area contributed by atoms with Crippen LogP contribution in [-0.2, 0) is 12.0 Å². The number of aliphatic imine (C=N–C) groups is 1. The van der Waals surface area contributed by atoms with Gasteiger partial charge in [-0.3, -0.25) is 0 Å². The molecular weight excluding hydrogens is 445 g/mol. The second kappa shape index (κ2) is 12.5. The average molecular weight is 481 g/mol. The van der Waals surface area contributed by atoms with E-state index in [1.807, 2.05) is 27.7 Å². The molecule has 26 heavy (non-hydrogen) atoms. The molecule has 3 N–H and O–H groups in total. The maximum Gasteiger partial charge on any atom is 0.232 e. The van der Waals surface area contributed by atoms with Gasteiger partial charge in [0, 0.05) is 25.1 Å². The van der Waals surface area contributed by atoms with E-state index < -0.39 is 0 Å². The fraction of sp³-hybridized carbons (Fsp3) is 0.833. The molecule has 0 fully saturated rings. The van der Waals surface area contributed by atoms with Crippen LogP contribution in [0.3, 0.4) is 0 Å². The van der Waals surface area contributed by atoms with Crippen molar-refractivity contribution in [3.63, 3.8) is 0 Å². The van der Waals surface area contributed by atoms with Crippen LogP contribution in [0.15, 0.2) is 9.52 Å². The molecule has 1 aromatic rings. The van der Waals surface area contributed by atoms with E-state index in [4.69, 9.17) is 4.52 Å². The first kappa shape index (κ1) is 25.1. The van der Waals surface area contributed by atoms with E-state index in [0.29, 0.717) is 30.1 Å². The highest BCUT2D eigenvalue weighted by atomic mass is 127. The van der Waals surface area contributed by atoms with Gasteiger partial charge in [0.25, 0.3) is 0 Å². The first-order valence-corrected chi connectivity index (χ1v) is 9.22. The van der Waals surface area contributed by atoms with Gasteiger partial charge in [0.1, 0.15) is 6.54 Å². The van der Waals surface area contributed by atoms with Crippen molar-refractivity contribution < 1.29 is 9.63 Å². The zero-order valence-electron chi connectivity index (χ0n) is 17.0. The van der Waals surface area contributed by atoms with E-state index in [0.717, 1.165) is 31.9 Å². The molecule has 152 valence electrons. The number of aliphatic hydroxyl groups is 1. The summed E-state index contributed by atoms with van der Waals surface area (Å²) in [4.78, 5) is 8.94. The lowest BCUT2D eigenvalue weighted by Gasteiger charge is -2.20. The zero-order valence-corrected chi connectivity index (χ0v) is 19.3. The molecule has 0 aliphatic rings. The summed E-state index contributed by atoms with van der Waals surface area (Å²) in [6.07, 6.45) is 1.87. The summed E-state index contributed by atoms with van der Waals surface area (Å²) in [5.41, 5.74) is -0.161. The van der Waals surface area contributed by atoms with Gasteiger partial charge < -0.3 is 20.3 Å². The number of hydrogen-bond donors (Lipinski definition) is 3. The lowest BCUT2D eigenvalue weighted by molar-refractivity contribution is 0.243. The molecule has 8 heteroatoms. The third-order valence-corrected chi connectivity index (χ3v) is 3.73. The molecule has 0 amide bonds. The molecule has 1 heterocycles. The van der Waals surface area contributed by atoms with Crippen LogP contribution in [0.4, 0.5) is 0 Å². The van der Waals surface area contributed by atoms with E-state index in [-0.39, 0.29) is 36.0 Å². The van der Waals surface area contributed by atoms with Crippen LogP contribution < -0.4 is 10.6 Å². The second-order valence-electron chi connectivity index (χ2n) is 7.85. The first-order valence-electron chi connectivity index (χ1n) is 9.22. The fourth-order valence-corrected chi connectivity index (χ4v) is 2.51. The van der Waals surface area contributed by atoms with Crippen LogP contribution in [0.25, 0.3) is 0 Å². The highest BCUT2D eigenvalue weighted by Crippen LogP contribution is 2.19. The zero-order chi connectivity index (χ0) is 18.9. The Bertz CT molecular complexity index is 526. The summed E-state index contributed by atoms with van der Waals surface area (Å²) in [6, 6.07) is 0. The molecule has 0 saturated carbocycles. The molecule has 1 aromatic heterocycles. The van der Waals surface area contributed by atoms with Crippen molar-refractivity contribution in [2.75, 3.05) is 19.7 Å². The predicted molar refractivity (Wildman–Crippen MR) is 116 cm³/mol. The summed E-state index contributed by atoms with van der Waals surface area (Å²) < 4.78 is 5.30. The molecule has 1 unspecified atom stereocenters. The highest BCUT2D eigenvalue weighted by Gasteiger charge is 2.21. The van der Waals surface area contributed by atoms with Crippen LogP contribution in [0.5, 0.6) is 0 Å². The summed E-state index contributed by atoms with van der Waals surface area (Å²) >= 11 is 0. The molecular formula is C18H36IN5O2. The van der Waals surface area contributed by atoms with Crippen LogP contribution in [0.2, 0.25) is 0 Å². The first-order chi connectivity index (χ1) is 11.8. The molecule has 0 aliphatic carbocycles. The summed E-state index contributed by atoms with van der Waals surface area (Å²) in [5, 5.41) is 19.8. The van der Waals surface area contributed by atoms with Crippen molar-refractivity contribution in [3.8, 4) is 0 Å². The second-order valence-corrected chi connectivity index (χ2v) is 7.85. The molecule has 0 saturated heterocycles. The Labute approximate surface area is 174 Å². The Morgan fingerprint density at radius 3 is 2.46 bits per heavy atom. The number of aromatic nitrogens is 2. The summed E-state index contributed by atoms with van der Waals surface area (Å²) in [5.74, 6) is 2.96. The van der Waals surface area contributed by atoms with Crippen LogP contribution in [-0.4, -0.2) is 40.9 Å². The lowest BCUT2D eigenvalue weighted by atomic mass is 9.94. The number of halogens is 1. The van der Waals surface area contributed by atoms with Gasteiger partial charge in [0.2, 0.25) is 5.89 Å². The Morgan fingerprint density at radius 2 is 1.96 bits per heavy atom. The van der Waals surface area contributed by atoms with E-state index in [2.05, 4.69) is 39.6 Å². The molecule has 0 aromatic carbocycles. The number of nitrogens with zero attached hydrogens (tertiary/aromatic N) is 3. The number of aliphatic hydroxyl groups excluding tert-OH is 1. The van der Waals surface area contributed by atoms with Crippen molar-refractivity contribution in [2.45, 2.75) is 66.3 Å². The minimum Gasteiger partial charge on any atom is -0.396 e. The van der Waals surface area contributed by atoms with Crippen LogP contribution in [0.1, 0.15) is 66.1 Å². The minimum absolute atomic E-state index is 0. The maximum atomic E-state index is 9.24. The smallest absolute Gasteiger partial charge is 0.232 e. The summed E-state index contributed by atoms with van der Waals surface area (Å²) in [7, 11) is 0. The number of hydrogen-bond acceptors (Lipinski definition) is 5. The highest BCUT2D eigenvalue weighted by molar-refractivity contribution is 14.0. The quantitative estimate of drug-likeness (QED) is 0.285. The Kier molecular flexibility index (Phi) is 12.0. The van der Waals surface area contributed by atoms with Gasteiger partial charge in [-0.15, -0.1) is 24.0 Å². The van der Waals surface area contributed by atoms with Crippen LogP contribution >= 0.6 is 24.0 Å². The molecule has 1 atom stereocenters. The third-order valence-electron chi connectivity index (χ3n) is 3.73. The van der Waals surface area contributed by atoms with Gasteiger partial charge in [0.15, 0.2) is 11.8 Å². The van der Waals surface area contributed by atoms with Gasteiger partial charge in [-0.05, 0) is 31.6 Å². The lowest BCUT2D eigenvalue weighted by Crippen LogP contribution is -2.40. The van der Waals surface area contributed by atoms with Crippen LogP contribution in [0, 0.1) is 11.8 Å². The van der Waals surface area contributed by atoms with Crippen molar-refractivity contribution in [3.05, 3.63) is 11.7 Å². The SMILES string of the molecule is CCNC(=NCc1noc(C(C)(C)C)n1)NCC(CCO)CC(C)C.I. The number of nitrogens with one attached hydrogen (secondary N) is 2. The van der Waals surface area contributed by atoms with Gasteiger partial charge in [-0.2, -0.15) is 4.98 Å². The number of guanidine groups is 1. The Morgan fingerprint density at radius 1 is 1.27 bits per heavy atom. The van der Waals surface area contributed by atoms with E-state index in [1.54, 1.807) is 0 Å². The van der Waals surface area contributed by atoms with Gasteiger partial charge in [-0.25, -0.2) is 4.99 Å². The van der Waals surface area contributed by atoms with Gasteiger partial charge in [0.05, 0.1) is 0 Å². The normalized spacial score (nSPS) is 13.5. The molecule has 0 spiro atoms. The fourth-order valence-electron chi connectivity index (χ4n) is 2.51. The van der Waals surface area contributed by atoms with Crippen molar-refractivity contribution >= 4 is 29.9 Å². The Balaban J connectivity index is 0.00000625. The average Bonchev–Trinajstić information content (AvgIpc) is 2.98. The van der Waals surface area contributed by atoms with Crippen molar-refractivity contribution in [1.82, 2.24) is 20.8 Å². The van der Waals surface area contributed by atoms with Crippen molar-refractivity contribution in [2.24, 2.45) is 16.8 Å². The standard InChI is InChI=1S/C18H35N5O2.HI/c1-7-19-17(20-11-14(8-9-24)10-13(2)3)21-12-15-22-16(25-23-15)18(4,5)6;/h13-14,24H,7-12H2,1-6H3,(H2,19,20,21);1H. The van der Waals surface area contributed by atoms with E-state index in [1.165, 1.54) is 0 Å².